The van der Waals surface area contributed by atoms with E-state index in [0.29, 0.717) is 6.54 Å². The van der Waals surface area contributed by atoms with Crippen LogP contribution in [0.5, 0.6) is 0 Å². The van der Waals surface area contributed by atoms with E-state index < -0.39 is 6.09 Å². The molecule has 0 fully saturated rings. The van der Waals surface area contributed by atoms with Crippen molar-refractivity contribution in [2.24, 2.45) is 0 Å². The topological polar surface area (TPSA) is 112 Å². The molecule has 0 aromatic carbocycles. The maximum atomic E-state index is 9.60. The van der Waals surface area contributed by atoms with Gasteiger partial charge in [-0.25, -0.2) is 4.79 Å². The average Bonchev–Trinajstić information content (AvgIpc) is 1.61. The first-order valence-corrected chi connectivity index (χ1v) is 1.85. The van der Waals surface area contributed by atoms with Gasteiger partial charge in [0.1, 0.15) is 0 Å². The van der Waals surface area contributed by atoms with E-state index in [2.05, 4.69) is 11.9 Å². The number of hydrogen-bond donors (Lipinski definition) is 2. The van der Waals surface area contributed by atoms with E-state index in [9.17, 15) is 4.79 Å². The molecule has 0 atom stereocenters. The van der Waals surface area contributed by atoms with Gasteiger partial charge in [0.2, 0.25) is 0 Å². The van der Waals surface area contributed by atoms with Crippen LogP contribution in [0.15, 0.2) is 12.7 Å². The second-order valence-corrected chi connectivity index (χ2v) is 0.975. The fourth-order valence-corrected chi connectivity index (χ4v) is 0.159. The first kappa shape index (κ1) is 22.6. The zero-order valence-electron chi connectivity index (χ0n) is 5.26. The third kappa shape index (κ3) is 25.5. The Morgan fingerprint density at radius 2 is 2.00 bits per heavy atom. The standard InChI is InChI=1S/C4H7NO2.Mo.2H2O/c1-2-3-5-4(6)7;;;/h2,5H,1,3H2,(H,6,7);;2*1H2. The van der Waals surface area contributed by atoms with E-state index >= 15 is 0 Å². The molecule has 0 radical (unpaired) electrons. The van der Waals surface area contributed by atoms with Crippen LogP contribution >= 0.6 is 0 Å². The van der Waals surface area contributed by atoms with Gasteiger partial charge in [-0.05, 0) is 0 Å². The van der Waals surface area contributed by atoms with Gasteiger partial charge >= 0.3 is 6.09 Å². The van der Waals surface area contributed by atoms with Crippen LogP contribution in [0.2, 0.25) is 0 Å². The third-order valence-corrected chi connectivity index (χ3v) is 0.398. The van der Waals surface area contributed by atoms with Crippen LogP contribution in [-0.4, -0.2) is 28.7 Å². The van der Waals surface area contributed by atoms with Gasteiger partial charge in [0.25, 0.3) is 0 Å². The fraction of sp³-hybridized carbons (Fsp3) is 0.250. The van der Waals surface area contributed by atoms with Gasteiger partial charge in [-0.3, -0.25) is 0 Å². The Balaban J connectivity index is -0.0000000600. The summed E-state index contributed by atoms with van der Waals surface area (Å²) in [4.78, 5) is 9.60. The van der Waals surface area contributed by atoms with E-state index in [4.69, 9.17) is 5.11 Å². The van der Waals surface area contributed by atoms with Gasteiger partial charge in [0.15, 0.2) is 0 Å². The molecule has 0 saturated carbocycles. The predicted molar refractivity (Wildman–Crippen MR) is 33.5 cm³/mol. The van der Waals surface area contributed by atoms with Crippen LogP contribution in [0.4, 0.5) is 4.79 Å². The zero-order valence-corrected chi connectivity index (χ0v) is 7.26. The van der Waals surface area contributed by atoms with Crippen LogP contribution < -0.4 is 5.32 Å². The van der Waals surface area contributed by atoms with Crippen molar-refractivity contribution >= 4 is 6.09 Å². The number of carbonyl (C=O) groups is 1. The molecule has 0 heterocycles. The molecule has 0 rings (SSSR count). The maximum Gasteiger partial charge on any atom is 0.404 e. The van der Waals surface area contributed by atoms with Gasteiger partial charge in [-0.1, -0.05) is 6.08 Å². The third-order valence-electron chi connectivity index (χ3n) is 0.398. The van der Waals surface area contributed by atoms with Gasteiger partial charge < -0.3 is 21.4 Å². The Hall–Kier alpha value is -0.382. The van der Waals surface area contributed by atoms with E-state index in [1.54, 1.807) is 0 Å². The first-order valence-electron chi connectivity index (χ1n) is 1.85. The molecule has 0 unspecified atom stereocenters. The molecule has 0 spiro atoms. The minimum Gasteiger partial charge on any atom is -0.465 e. The summed E-state index contributed by atoms with van der Waals surface area (Å²) in [5, 5.41) is 9.98. The van der Waals surface area contributed by atoms with Gasteiger partial charge in [0, 0.05) is 27.6 Å². The quantitative estimate of drug-likeness (QED) is 0.460. The summed E-state index contributed by atoms with van der Waals surface area (Å²) in [6.07, 6.45) is 0.466. The molecule has 5 nitrogen and oxygen atoms in total. The van der Waals surface area contributed by atoms with Crippen molar-refractivity contribution in [2.45, 2.75) is 0 Å². The summed E-state index contributed by atoms with van der Waals surface area (Å²) in [5.74, 6) is 0. The van der Waals surface area contributed by atoms with Gasteiger partial charge in [0.05, 0.1) is 0 Å². The molecule has 6 N–H and O–H groups in total. The van der Waals surface area contributed by atoms with Crippen LogP contribution in [0.25, 0.3) is 0 Å². The number of hydrogen-bond acceptors (Lipinski definition) is 1. The number of carboxylic acid groups (broad SMARTS) is 1. The van der Waals surface area contributed by atoms with Gasteiger partial charge in [-0.2, -0.15) is 0 Å². The molecule has 0 aliphatic heterocycles. The number of amides is 1. The average molecular weight is 233 g/mol. The van der Waals surface area contributed by atoms with Gasteiger partial charge in [-0.15, -0.1) is 6.58 Å². The smallest absolute Gasteiger partial charge is 0.404 e. The molecule has 0 aliphatic carbocycles. The minimum atomic E-state index is -1.01. The molecule has 1 amide bonds. The minimum absolute atomic E-state index is 0. The van der Waals surface area contributed by atoms with Crippen LogP contribution in [0.3, 0.4) is 0 Å². The van der Waals surface area contributed by atoms with Crippen molar-refractivity contribution in [1.82, 2.24) is 5.32 Å². The normalized spacial score (nSPS) is 5.20. The van der Waals surface area contributed by atoms with Crippen LogP contribution in [0, 0.1) is 0 Å². The monoisotopic (exact) mass is 235 g/mol. The van der Waals surface area contributed by atoms with Crippen LogP contribution in [0.1, 0.15) is 0 Å². The van der Waals surface area contributed by atoms with Crippen molar-refractivity contribution in [2.75, 3.05) is 6.54 Å². The second-order valence-electron chi connectivity index (χ2n) is 0.975. The first-order chi connectivity index (χ1) is 3.27. The summed E-state index contributed by atoms with van der Waals surface area (Å²) in [7, 11) is 0. The summed E-state index contributed by atoms with van der Waals surface area (Å²) in [6, 6.07) is 0. The fourth-order valence-electron chi connectivity index (χ4n) is 0.159. The van der Waals surface area contributed by atoms with Crippen molar-refractivity contribution in [3.05, 3.63) is 12.7 Å². The zero-order chi connectivity index (χ0) is 5.70. The summed E-state index contributed by atoms with van der Waals surface area (Å²) in [5.41, 5.74) is 0. The molecule has 62 valence electrons. The van der Waals surface area contributed by atoms with E-state index in [-0.39, 0.29) is 32.0 Å². The number of rotatable bonds is 2. The molecule has 6 heteroatoms. The molecule has 0 bridgehead atoms. The second kappa shape index (κ2) is 15.8. The molecular formula is C4H11MoNO4. The molecule has 0 saturated heterocycles. The van der Waals surface area contributed by atoms with E-state index in [1.807, 2.05) is 0 Å². The van der Waals surface area contributed by atoms with Crippen molar-refractivity contribution in [1.29, 1.82) is 0 Å². The largest absolute Gasteiger partial charge is 0.465 e. The Bertz CT molecular complexity index is 87.3. The Morgan fingerprint density at radius 3 is 2.10 bits per heavy atom. The van der Waals surface area contributed by atoms with Crippen molar-refractivity contribution < 1.29 is 41.9 Å². The molecule has 0 aromatic heterocycles. The van der Waals surface area contributed by atoms with E-state index in [0.717, 1.165) is 0 Å². The summed E-state index contributed by atoms with van der Waals surface area (Å²) >= 11 is 0. The molecule has 0 aromatic rings. The Labute approximate surface area is 73.0 Å². The molecular weight excluding hydrogens is 222 g/mol. The predicted octanol–water partition coefficient (Wildman–Crippen LogP) is -1.21. The van der Waals surface area contributed by atoms with Crippen molar-refractivity contribution in [3.8, 4) is 0 Å². The molecule has 0 aliphatic rings. The molecule has 10 heavy (non-hydrogen) atoms. The summed E-state index contributed by atoms with van der Waals surface area (Å²) in [6.45, 7) is 3.62. The van der Waals surface area contributed by atoms with Crippen LogP contribution in [-0.2, 0) is 21.1 Å². The maximum absolute atomic E-state index is 9.60. The SMILES string of the molecule is C=CCNC(=O)O.O.O.[Mo]. The Kier molecular flexibility index (Phi) is 35.9. The Morgan fingerprint density at radius 1 is 1.60 bits per heavy atom. The number of nitrogens with one attached hydrogen (secondary N) is 1. The van der Waals surface area contributed by atoms with E-state index in [1.165, 1.54) is 6.08 Å². The summed E-state index contributed by atoms with van der Waals surface area (Å²) < 4.78 is 0. The van der Waals surface area contributed by atoms with Crippen molar-refractivity contribution in [3.63, 3.8) is 0 Å².